The predicted octanol–water partition coefficient (Wildman–Crippen LogP) is 1.14. The lowest BCUT2D eigenvalue weighted by Gasteiger charge is -2.13. The van der Waals surface area contributed by atoms with E-state index in [4.69, 9.17) is 5.11 Å². The zero-order chi connectivity index (χ0) is 15.1. The maximum atomic E-state index is 12.0. The van der Waals surface area contributed by atoms with Gasteiger partial charge in [-0.05, 0) is 30.5 Å². The number of carbonyl (C=O) groups excluding carboxylic acids is 2. The lowest BCUT2D eigenvalue weighted by atomic mass is 10.1. The van der Waals surface area contributed by atoms with Crippen LogP contribution in [0.3, 0.4) is 0 Å². The second-order valence-electron chi connectivity index (χ2n) is 5.11. The summed E-state index contributed by atoms with van der Waals surface area (Å²) in [5.41, 5.74) is 0.958. The molecule has 0 spiro atoms. The summed E-state index contributed by atoms with van der Waals surface area (Å²) >= 11 is 0. The molecular weight excluding hydrogens is 256 g/mol. The minimum atomic E-state index is -0.205. The highest BCUT2D eigenvalue weighted by molar-refractivity contribution is 5.99. The van der Waals surface area contributed by atoms with Crippen molar-refractivity contribution in [1.82, 2.24) is 10.2 Å². The monoisotopic (exact) mass is 278 g/mol. The predicted molar refractivity (Wildman–Crippen MR) is 77.7 cm³/mol. The summed E-state index contributed by atoms with van der Waals surface area (Å²) in [7, 11) is 3.34. The van der Waals surface area contributed by atoms with Crippen LogP contribution in [0.1, 0.15) is 34.1 Å². The van der Waals surface area contributed by atoms with Crippen molar-refractivity contribution in [1.29, 1.82) is 0 Å². The second-order valence-corrected chi connectivity index (χ2v) is 5.11. The number of aliphatic hydroxyl groups excluding tert-OH is 1. The summed E-state index contributed by atoms with van der Waals surface area (Å²) in [6.07, 6.45) is 0.652. The molecule has 0 aliphatic rings. The number of hydrogen-bond donors (Lipinski definition) is 2. The summed E-state index contributed by atoms with van der Waals surface area (Å²) in [4.78, 5) is 25.3. The minimum Gasteiger partial charge on any atom is -0.396 e. The number of carbonyl (C=O) groups is 2. The molecular formula is C15H22N2O3. The summed E-state index contributed by atoms with van der Waals surface area (Å²) in [6, 6.07) is 6.66. The molecule has 2 N–H and O–H groups in total. The van der Waals surface area contributed by atoms with Gasteiger partial charge < -0.3 is 15.3 Å². The fraction of sp³-hybridized carbons (Fsp3) is 0.467. The van der Waals surface area contributed by atoms with Crippen LogP contribution < -0.4 is 5.32 Å². The molecule has 0 aliphatic heterocycles. The molecule has 1 aromatic carbocycles. The van der Waals surface area contributed by atoms with Crippen molar-refractivity contribution >= 4 is 11.8 Å². The van der Waals surface area contributed by atoms with Crippen LogP contribution in [0.25, 0.3) is 0 Å². The largest absolute Gasteiger partial charge is 0.396 e. The van der Waals surface area contributed by atoms with Crippen LogP contribution in [-0.4, -0.2) is 49.1 Å². The van der Waals surface area contributed by atoms with E-state index in [1.807, 2.05) is 6.92 Å². The normalized spacial score (nSPS) is 11.8. The molecule has 0 saturated carbocycles. The standard InChI is InChI=1S/C15H22N2O3/c1-11(7-8-18)10-16-14(19)12-5-4-6-13(9-12)15(20)17(2)3/h4-6,9,11,18H,7-8,10H2,1-3H3,(H,16,19). The Morgan fingerprint density at radius 1 is 1.30 bits per heavy atom. The third-order valence-electron chi connectivity index (χ3n) is 3.01. The van der Waals surface area contributed by atoms with E-state index < -0.39 is 0 Å². The Hall–Kier alpha value is -1.88. The van der Waals surface area contributed by atoms with Crippen molar-refractivity contribution in [2.24, 2.45) is 5.92 Å². The molecule has 0 saturated heterocycles. The highest BCUT2D eigenvalue weighted by Crippen LogP contribution is 2.08. The van der Waals surface area contributed by atoms with Crippen molar-refractivity contribution in [2.45, 2.75) is 13.3 Å². The fourth-order valence-corrected chi connectivity index (χ4v) is 1.74. The Kier molecular flexibility index (Phi) is 6.18. The van der Waals surface area contributed by atoms with Gasteiger partial charge in [0.15, 0.2) is 0 Å². The molecule has 1 rings (SSSR count). The molecule has 0 radical (unpaired) electrons. The van der Waals surface area contributed by atoms with Gasteiger partial charge in [0.2, 0.25) is 0 Å². The zero-order valence-corrected chi connectivity index (χ0v) is 12.2. The van der Waals surface area contributed by atoms with Crippen LogP contribution in [0.15, 0.2) is 24.3 Å². The molecule has 5 nitrogen and oxygen atoms in total. The Balaban J connectivity index is 2.69. The molecule has 0 heterocycles. The minimum absolute atomic E-state index is 0.115. The molecule has 1 aromatic rings. The third kappa shape index (κ3) is 4.66. The number of benzene rings is 1. The summed E-state index contributed by atoms with van der Waals surface area (Å²) in [5.74, 6) is -0.118. The lowest BCUT2D eigenvalue weighted by molar-refractivity contribution is 0.0827. The highest BCUT2D eigenvalue weighted by atomic mass is 16.3. The third-order valence-corrected chi connectivity index (χ3v) is 3.01. The quantitative estimate of drug-likeness (QED) is 0.819. The van der Waals surface area contributed by atoms with Crippen LogP contribution >= 0.6 is 0 Å². The highest BCUT2D eigenvalue weighted by Gasteiger charge is 2.12. The van der Waals surface area contributed by atoms with Crippen molar-refractivity contribution in [3.8, 4) is 0 Å². The topological polar surface area (TPSA) is 69.6 Å². The van der Waals surface area contributed by atoms with Crippen LogP contribution in [-0.2, 0) is 0 Å². The van der Waals surface area contributed by atoms with Crippen LogP contribution in [0.5, 0.6) is 0 Å². The van der Waals surface area contributed by atoms with Gasteiger partial charge in [-0.25, -0.2) is 0 Å². The van der Waals surface area contributed by atoms with E-state index in [9.17, 15) is 9.59 Å². The van der Waals surface area contributed by atoms with Gasteiger partial charge in [0.25, 0.3) is 11.8 Å². The molecule has 1 atom stereocenters. The smallest absolute Gasteiger partial charge is 0.253 e. The van der Waals surface area contributed by atoms with E-state index in [-0.39, 0.29) is 24.3 Å². The Morgan fingerprint density at radius 3 is 2.55 bits per heavy atom. The molecule has 2 amide bonds. The first-order chi connectivity index (χ1) is 9.45. The first-order valence-corrected chi connectivity index (χ1v) is 6.66. The maximum Gasteiger partial charge on any atom is 0.253 e. The van der Waals surface area contributed by atoms with Gasteiger partial charge >= 0.3 is 0 Å². The van der Waals surface area contributed by atoms with E-state index in [1.165, 1.54) is 4.90 Å². The molecule has 0 aliphatic carbocycles. The number of nitrogens with one attached hydrogen (secondary N) is 1. The Labute approximate surface area is 119 Å². The van der Waals surface area contributed by atoms with Crippen LogP contribution in [0, 0.1) is 5.92 Å². The van der Waals surface area contributed by atoms with Crippen molar-refractivity contribution in [3.05, 3.63) is 35.4 Å². The number of nitrogens with zero attached hydrogens (tertiary/aromatic N) is 1. The summed E-state index contributed by atoms with van der Waals surface area (Å²) in [5, 5.41) is 11.6. The molecule has 0 fully saturated rings. The van der Waals surface area contributed by atoms with E-state index in [0.29, 0.717) is 24.1 Å². The van der Waals surface area contributed by atoms with Crippen LogP contribution in [0.4, 0.5) is 0 Å². The van der Waals surface area contributed by atoms with Crippen molar-refractivity contribution in [2.75, 3.05) is 27.2 Å². The number of rotatable bonds is 6. The summed E-state index contributed by atoms with van der Waals surface area (Å²) in [6.45, 7) is 2.58. The number of amides is 2. The summed E-state index contributed by atoms with van der Waals surface area (Å²) < 4.78 is 0. The molecule has 110 valence electrons. The van der Waals surface area contributed by atoms with Gasteiger partial charge in [-0.1, -0.05) is 13.0 Å². The van der Waals surface area contributed by atoms with E-state index in [2.05, 4.69) is 5.32 Å². The first-order valence-electron chi connectivity index (χ1n) is 6.66. The molecule has 0 bridgehead atoms. The van der Waals surface area contributed by atoms with Gasteiger partial charge in [-0.15, -0.1) is 0 Å². The Bertz CT molecular complexity index is 472. The van der Waals surface area contributed by atoms with Gasteiger partial charge in [0.05, 0.1) is 0 Å². The van der Waals surface area contributed by atoms with Gasteiger partial charge in [-0.3, -0.25) is 9.59 Å². The zero-order valence-electron chi connectivity index (χ0n) is 12.2. The van der Waals surface area contributed by atoms with E-state index in [1.54, 1.807) is 38.4 Å². The molecule has 1 unspecified atom stereocenters. The van der Waals surface area contributed by atoms with Gasteiger partial charge in [0.1, 0.15) is 0 Å². The van der Waals surface area contributed by atoms with E-state index >= 15 is 0 Å². The fourth-order valence-electron chi connectivity index (χ4n) is 1.74. The lowest BCUT2D eigenvalue weighted by Crippen LogP contribution is -2.29. The van der Waals surface area contributed by atoms with E-state index in [0.717, 1.165) is 0 Å². The van der Waals surface area contributed by atoms with Gasteiger partial charge in [0, 0.05) is 38.4 Å². The average molecular weight is 278 g/mol. The van der Waals surface area contributed by atoms with Crippen molar-refractivity contribution < 1.29 is 14.7 Å². The maximum absolute atomic E-state index is 12.0. The molecule has 5 heteroatoms. The van der Waals surface area contributed by atoms with Crippen LogP contribution in [0.2, 0.25) is 0 Å². The Morgan fingerprint density at radius 2 is 1.95 bits per heavy atom. The first kappa shape index (κ1) is 16.2. The van der Waals surface area contributed by atoms with Crippen molar-refractivity contribution in [3.63, 3.8) is 0 Å². The molecule has 0 aromatic heterocycles. The number of aliphatic hydroxyl groups is 1. The molecule has 20 heavy (non-hydrogen) atoms. The van der Waals surface area contributed by atoms with Gasteiger partial charge in [-0.2, -0.15) is 0 Å². The SMILES string of the molecule is CC(CCO)CNC(=O)c1cccc(C(=O)N(C)C)c1. The number of hydrogen-bond acceptors (Lipinski definition) is 3. The average Bonchev–Trinajstić information content (AvgIpc) is 2.44. The second kappa shape index (κ2) is 7.65.